The van der Waals surface area contributed by atoms with E-state index in [2.05, 4.69) is 19.2 Å². The molecule has 1 aromatic rings. The van der Waals surface area contributed by atoms with E-state index in [1.807, 2.05) is 6.07 Å². The second-order valence-corrected chi connectivity index (χ2v) is 4.23. The Morgan fingerprint density at radius 3 is 2.93 bits per heavy atom. The van der Waals surface area contributed by atoms with E-state index in [9.17, 15) is 4.39 Å². The topological polar surface area (TPSA) is 12.0 Å². The molecule has 1 aliphatic heterocycles. The van der Waals surface area contributed by atoms with E-state index in [0.29, 0.717) is 12.0 Å². The molecule has 0 aromatic heterocycles. The van der Waals surface area contributed by atoms with Crippen molar-refractivity contribution in [2.24, 2.45) is 5.92 Å². The van der Waals surface area contributed by atoms with Gasteiger partial charge >= 0.3 is 0 Å². The molecule has 0 amide bonds. The Bertz CT molecular complexity index is 333. The first-order valence-corrected chi connectivity index (χ1v) is 5.21. The Balaban J connectivity index is 2.44. The molecule has 0 bridgehead atoms. The molecule has 1 N–H and O–H groups in total. The predicted molar refractivity (Wildman–Crippen MR) is 55.7 cm³/mol. The molecule has 2 heteroatoms. The Morgan fingerprint density at radius 1 is 1.43 bits per heavy atom. The number of hydrogen-bond acceptors (Lipinski definition) is 1. The van der Waals surface area contributed by atoms with Crippen LogP contribution in [-0.4, -0.2) is 6.54 Å². The van der Waals surface area contributed by atoms with Crippen LogP contribution in [0.2, 0.25) is 0 Å². The zero-order chi connectivity index (χ0) is 10.1. The van der Waals surface area contributed by atoms with Crippen LogP contribution in [-0.2, 0) is 6.42 Å². The van der Waals surface area contributed by atoms with Gasteiger partial charge in [0.15, 0.2) is 0 Å². The highest BCUT2D eigenvalue weighted by Crippen LogP contribution is 2.29. The average Bonchev–Trinajstić information content (AvgIpc) is 2.17. The molecule has 0 aliphatic carbocycles. The van der Waals surface area contributed by atoms with Crippen molar-refractivity contribution in [3.8, 4) is 0 Å². The molecule has 0 radical (unpaired) electrons. The van der Waals surface area contributed by atoms with Gasteiger partial charge in [-0.3, -0.25) is 0 Å². The normalized spacial score (nSPS) is 21.0. The Hall–Kier alpha value is -0.890. The smallest absolute Gasteiger partial charge is 0.126 e. The minimum absolute atomic E-state index is 0.0466. The van der Waals surface area contributed by atoms with Crippen molar-refractivity contribution in [3.05, 3.63) is 35.1 Å². The Kier molecular flexibility index (Phi) is 2.55. The maximum atomic E-state index is 13.5. The van der Waals surface area contributed by atoms with Gasteiger partial charge in [0.2, 0.25) is 0 Å². The monoisotopic (exact) mass is 193 g/mol. The highest BCUT2D eigenvalue weighted by Gasteiger charge is 2.23. The van der Waals surface area contributed by atoms with Crippen LogP contribution in [0.4, 0.5) is 4.39 Å². The summed E-state index contributed by atoms with van der Waals surface area (Å²) in [5, 5.41) is 3.44. The summed E-state index contributed by atoms with van der Waals surface area (Å²) in [6.07, 6.45) is 0.811. The van der Waals surface area contributed by atoms with Crippen molar-refractivity contribution >= 4 is 0 Å². The summed E-state index contributed by atoms with van der Waals surface area (Å²) < 4.78 is 13.5. The van der Waals surface area contributed by atoms with Crippen LogP contribution in [0.15, 0.2) is 18.2 Å². The quantitative estimate of drug-likeness (QED) is 0.723. The Labute approximate surface area is 84.3 Å². The van der Waals surface area contributed by atoms with Gasteiger partial charge in [-0.15, -0.1) is 0 Å². The van der Waals surface area contributed by atoms with Gasteiger partial charge in [0.25, 0.3) is 0 Å². The summed E-state index contributed by atoms with van der Waals surface area (Å²) in [7, 11) is 0. The van der Waals surface area contributed by atoms with E-state index in [-0.39, 0.29) is 5.82 Å². The van der Waals surface area contributed by atoms with Gasteiger partial charge in [0.1, 0.15) is 5.82 Å². The largest absolute Gasteiger partial charge is 0.309 e. The molecule has 1 nitrogen and oxygen atoms in total. The fraction of sp³-hybridized carbons (Fsp3) is 0.500. The highest BCUT2D eigenvalue weighted by atomic mass is 19.1. The van der Waals surface area contributed by atoms with Crippen LogP contribution in [0.5, 0.6) is 0 Å². The maximum Gasteiger partial charge on any atom is 0.126 e. The fourth-order valence-electron chi connectivity index (χ4n) is 2.19. The molecular weight excluding hydrogens is 177 g/mol. The van der Waals surface area contributed by atoms with Gasteiger partial charge < -0.3 is 5.32 Å². The summed E-state index contributed by atoms with van der Waals surface area (Å²) in [6.45, 7) is 5.21. The number of halogens is 1. The fourth-order valence-corrected chi connectivity index (χ4v) is 2.19. The van der Waals surface area contributed by atoms with E-state index >= 15 is 0 Å². The van der Waals surface area contributed by atoms with E-state index in [1.54, 1.807) is 12.1 Å². The second-order valence-electron chi connectivity index (χ2n) is 4.23. The lowest BCUT2D eigenvalue weighted by molar-refractivity contribution is 0.389. The van der Waals surface area contributed by atoms with E-state index in [1.165, 1.54) is 0 Å². The lowest BCUT2D eigenvalue weighted by atomic mass is 9.88. The molecule has 0 spiro atoms. The van der Waals surface area contributed by atoms with Crippen molar-refractivity contribution in [2.45, 2.75) is 26.3 Å². The van der Waals surface area contributed by atoms with Crippen LogP contribution >= 0.6 is 0 Å². The number of hydrogen-bond donors (Lipinski definition) is 1. The zero-order valence-corrected chi connectivity index (χ0v) is 8.68. The molecule has 2 rings (SSSR count). The van der Waals surface area contributed by atoms with Crippen LogP contribution in [0.25, 0.3) is 0 Å². The van der Waals surface area contributed by atoms with Crippen molar-refractivity contribution in [2.75, 3.05) is 6.54 Å². The molecule has 0 fully saturated rings. The number of benzene rings is 1. The lowest BCUT2D eigenvalue weighted by Gasteiger charge is -2.30. The minimum Gasteiger partial charge on any atom is -0.309 e. The van der Waals surface area contributed by atoms with Crippen LogP contribution in [0.3, 0.4) is 0 Å². The van der Waals surface area contributed by atoms with Gasteiger partial charge in [-0.1, -0.05) is 26.0 Å². The summed E-state index contributed by atoms with van der Waals surface area (Å²) in [4.78, 5) is 0. The van der Waals surface area contributed by atoms with Gasteiger partial charge in [0.05, 0.1) is 0 Å². The first-order valence-electron chi connectivity index (χ1n) is 5.21. The predicted octanol–water partition coefficient (Wildman–Crippen LogP) is 2.67. The summed E-state index contributed by atoms with van der Waals surface area (Å²) in [5.74, 6) is 0.463. The van der Waals surface area contributed by atoms with Crippen LogP contribution < -0.4 is 5.32 Å². The van der Waals surface area contributed by atoms with Crippen molar-refractivity contribution in [3.63, 3.8) is 0 Å². The summed E-state index contributed by atoms with van der Waals surface area (Å²) in [6, 6.07) is 5.71. The molecular formula is C12H16FN. The van der Waals surface area contributed by atoms with Crippen molar-refractivity contribution in [1.82, 2.24) is 5.32 Å². The van der Waals surface area contributed by atoms with Crippen LogP contribution in [0, 0.1) is 11.7 Å². The van der Waals surface area contributed by atoms with Gasteiger partial charge in [-0.25, -0.2) is 4.39 Å². The number of rotatable bonds is 1. The summed E-state index contributed by atoms with van der Waals surface area (Å²) in [5.41, 5.74) is 2.05. The second kappa shape index (κ2) is 3.70. The summed E-state index contributed by atoms with van der Waals surface area (Å²) >= 11 is 0. The first kappa shape index (κ1) is 9.66. The molecule has 76 valence electrons. The van der Waals surface area contributed by atoms with E-state index in [0.717, 1.165) is 24.1 Å². The third kappa shape index (κ3) is 1.55. The first-order chi connectivity index (χ1) is 6.70. The van der Waals surface area contributed by atoms with Gasteiger partial charge in [-0.2, -0.15) is 0 Å². The standard InChI is InChI=1S/C12H16FN/c1-8(2)12-10-4-3-5-11(13)9(10)6-7-14-12/h3-5,8,12,14H,6-7H2,1-2H3. The molecule has 1 atom stereocenters. The molecule has 0 saturated heterocycles. The molecule has 1 aliphatic rings. The molecule has 1 heterocycles. The van der Waals surface area contributed by atoms with E-state index in [4.69, 9.17) is 0 Å². The molecule has 1 aromatic carbocycles. The van der Waals surface area contributed by atoms with E-state index < -0.39 is 0 Å². The molecule has 1 unspecified atom stereocenters. The SMILES string of the molecule is CC(C)C1NCCc2c(F)cccc21. The Morgan fingerprint density at radius 2 is 2.21 bits per heavy atom. The van der Waals surface area contributed by atoms with Crippen LogP contribution in [0.1, 0.15) is 31.0 Å². The molecule has 14 heavy (non-hydrogen) atoms. The van der Waals surface area contributed by atoms with Gasteiger partial charge in [-0.05, 0) is 36.1 Å². The zero-order valence-electron chi connectivity index (χ0n) is 8.68. The minimum atomic E-state index is -0.0466. The van der Waals surface area contributed by atoms with Crippen molar-refractivity contribution < 1.29 is 4.39 Å². The molecule has 0 saturated carbocycles. The third-order valence-corrected chi connectivity index (χ3v) is 2.90. The number of nitrogens with one attached hydrogen (secondary N) is 1. The third-order valence-electron chi connectivity index (χ3n) is 2.90. The van der Waals surface area contributed by atoms with Crippen molar-refractivity contribution in [1.29, 1.82) is 0 Å². The number of fused-ring (bicyclic) bond motifs is 1. The maximum absolute atomic E-state index is 13.5. The lowest BCUT2D eigenvalue weighted by Crippen LogP contribution is -2.33. The average molecular weight is 193 g/mol. The van der Waals surface area contributed by atoms with Gasteiger partial charge in [0, 0.05) is 6.04 Å². The highest BCUT2D eigenvalue weighted by molar-refractivity contribution is 5.33.